The largest absolute Gasteiger partial charge is 0.434 e. The van der Waals surface area contributed by atoms with Gasteiger partial charge in [-0.05, 0) is 42.0 Å². The topological polar surface area (TPSA) is 76.7 Å². The third kappa shape index (κ3) is 6.70. The van der Waals surface area contributed by atoms with Gasteiger partial charge in [-0.25, -0.2) is 0 Å². The van der Waals surface area contributed by atoms with Crippen molar-refractivity contribution in [2.45, 2.75) is 19.8 Å². The summed E-state index contributed by atoms with van der Waals surface area (Å²) in [5, 5.41) is 5.17. The Balaban J connectivity index is 1.67. The molecule has 0 spiro atoms. The molecule has 6 nitrogen and oxygen atoms in total. The van der Waals surface area contributed by atoms with Crippen molar-refractivity contribution in [2.24, 2.45) is 0 Å². The maximum absolute atomic E-state index is 12.6. The molecular formula is C23H18F4N2O4. The Morgan fingerprint density at radius 2 is 1.27 bits per heavy atom. The highest BCUT2D eigenvalue weighted by Crippen LogP contribution is 2.23. The minimum atomic E-state index is -3.08. The molecule has 3 aromatic rings. The first kappa shape index (κ1) is 23.6. The number of halogens is 4. The third-order valence-corrected chi connectivity index (χ3v) is 4.33. The molecule has 0 aromatic heterocycles. The zero-order valence-electron chi connectivity index (χ0n) is 16.9. The van der Waals surface area contributed by atoms with Crippen molar-refractivity contribution in [3.63, 3.8) is 0 Å². The molecule has 0 saturated carbocycles. The summed E-state index contributed by atoms with van der Waals surface area (Å²) in [5.41, 5.74) is 0.801. The van der Waals surface area contributed by atoms with Gasteiger partial charge in [-0.15, -0.1) is 0 Å². The van der Waals surface area contributed by atoms with E-state index in [9.17, 15) is 27.2 Å². The lowest BCUT2D eigenvalue weighted by Crippen LogP contribution is -2.24. The molecule has 3 aromatic carbocycles. The van der Waals surface area contributed by atoms with Gasteiger partial charge in [-0.2, -0.15) is 17.6 Å². The van der Waals surface area contributed by atoms with Crippen LogP contribution in [0.5, 0.6) is 11.5 Å². The van der Waals surface area contributed by atoms with Gasteiger partial charge >= 0.3 is 13.2 Å². The van der Waals surface area contributed by atoms with Gasteiger partial charge in [0, 0.05) is 12.2 Å². The van der Waals surface area contributed by atoms with Gasteiger partial charge in [0.1, 0.15) is 11.5 Å². The summed E-state index contributed by atoms with van der Waals surface area (Å²) in [6.07, 6.45) is 0. The molecular weight excluding hydrogens is 444 g/mol. The summed E-state index contributed by atoms with van der Waals surface area (Å²) in [5.74, 6) is -1.81. The minimum absolute atomic E-state index is 0.0244. The van der Waals surface area contributed by atoms with Crippen LogP contribution in [-0.2, 0) is 6.54 Å². The average Bonchev–Trinajstić information content (AvgIpc) is 2.77. The summed E-state index contributed by atoms with van der Waals surface area (Å²) >= 11 is 0. The summed E-state index contributed by atoms with van der Waals surface area (Å²) in [7, 11) is 0. The summed E-state index contributed by atoms with van der Waals surface area (Å²) in [6, 6.07) is 17.6. The Morgan fingerprint density at radius 3 is 1.85 bits per heavy atom. The predicted octanol–water partition coefficient (Wildman–Crippen LogP) is 5.07. The lowest BCUT2D eigenvalue weighted by molar-refractivity contribution is -0.0508. The molecule has 2 N–H and O–H groups in total. The van der Waals surface area contributed by atoms with Crippen LogP contribution in [0.3, 0.4) is 0 Å². The Bertz CT molecular complexity index is 1120. The van der Waals surface area contributed by atoms with E-state index >= 15 is 0 Å². The van der Waals surface area contributed by atoms with Crippen molar-refractivity contribution in [3.05, 3.63) is 89.5 Å². The lowest BCUT2D eigenvalue weighted by Gasteiger charge is -2.12. The molecule has 0 fully saturated rings. The van der Waals surface area contributed by atoms with Gasteiger partial charge in [0.05, 0.1) is 11.1 Å². The van der Waals surface area contributed by atoms with Gasteiger partial charge in [0.15, 0.2) is 0 Å². The van der Waals surface area contributed by atoms with Crippen molar-refractivity contribution < 1.29 is 36.6 Å². The fraction of sp³-hybridized carbons (Fsp3) is 0.130. The Kier molecular flexibility index (Phi) is 7.85. The second-order valence-corrected chi connectivity index (χ2v) is 6.59. The number of carbonyl (C=O) groups is 2. The fourth-order valence-electron chi connectivity index (χ4n) is 2.94. The number of amides is 2. The number of hydrogen-bond acceptors (Lipinski definition) is 4. The number of benzene rings is 3. The smallest absolute Gasteiger partial charge is 0.387 e. The minimum Gasteiger partial charge on any atom is -0.434 e. The van der Waals surface area contributed by atoms with Crippen LogP contribution in [0.15, 0.2) is 72.8 Å². The first-order valence-corrected chi connectivity index (χ1v) is 9.59. The van der Waals surface area contributed by atoms with E-state index in [1.54, 1.807) is 24.3 Å². The highest BCUT2D eigenvalue weighted by molar-refractivity contribution is 6.06. The zero-order chi connectivity index (χ0) is 23.8. The van der Waals surface area contributed by atoms with Crippen LogP contribution in [0, 0.1) is 0 Å². The van der Waals surface area contributed by atoms with E-state index in [1.165, 1.54) is 48.5 Å². The van der Waals surface area contributed by atoms with E-state index in [4.69, 9.17) is 0 Å². The molecule has 2 amide bonds. The zero-order valence-corrected chi connectivity index (χ0v) is 16.9. The molecule has 0 radical (unpaired) electrons. The standard InChI is InChI=1S/C23H18F4N2O4/c24-22(25)32-18-10-3-1-8-16(18)20(30)28-13-14-6-5-7-15(12-14)29-21(31)17-9-2-4-11-19(17)33-23(26)27/h1-12,22-23H,13H2,(H,28,30)(H,29,31). The van der Waals surface area contributed by atoms with Crippen LogP contribution in [0.2, 0.25) is 0 Å². The van der Waals surface area contributed by atoms with Gasteiger partial charge in [0.25, 0.3) is 11.8 Å². The van der Waals surface area contributed by atoms with Gasteiger partial charge in [-0.3, -0.25) is 9.59 Å². The molecule has 10 heteroatoms. The fourth-order valence-corrected chi connectivity index (χ4v) is 2.94. The van der Waals surface area contributed by atoms with Crippen LogP contribution >= 0.6 is 0 Å². The first-order valence-electron chi connectivity index (χ1n) is 9.59. The van der Waals surface area contributed by atoms with Crippen molar-refractivity contribution in [1.29, 1.82) is 0 Å². The van der Waals surface area contributed by atoms with Crippen molar-refractivity contribution in [2.75, 3.05) is 5.32 Å². The van der Waals surface area contributed by atoms with Crippen LogP contribution in [0.1, 0.15) is 26.3 Å². The quantitative estimate of drug-likeness (QED) is 0.436. The normalized spacial score (nSPS) is 10.7. The highest BCUT2D eigenvalue weighted by Gasteiger charge is 2.17. The van der Waals surface area contributed by atoms with Gasteiger partial charge < -0.3 is 20.1 Å². The van der Waals surface area contributed by atoms with Crippen LogP contribution in [0.25, 0.3) is 0 Å². The van der Waals surface area contributed by atoms with E-state index in [2.05, 4.69) is 20.1 Å². The number of anilines is 1. The average molecular weight is 462 g/mol. The molecule has 172 valence electrons. The monoisotopic (exact) mass is 462 g/mol. The number of rotatable bonds is 9. The van der Waals surface area contributed by atoms with Crippen molar-refractivity contribution in [3.8, 4) is 11.5 Å². The maximum atomic E-state index is 12.6. The Labute approximate surface area is 186 Å². The molecule has 0 unspecified atom stereocenters. The Hall–Kier alpha value is -4.08. The number of ether oxygens (including phenoxy) is 2. The molecule has 0 aliphatic carbocycles. The molecule has 3 rings (SSSR count). The van der Waals surface area contributed by atoms with Gasteiger partial charge in [-0.1, -0.05) is 36.4 Å². The molecule has 0 saturated heterocycles. The SMILES string of the molecule is O=C(NCc1cccc(NC(=O)c2ccccc2OC(F)F)c1)c1ccccc1OC(F)F. The highest BCUT2D eigenvalue weighted by atomic mass is 19.3. The first-order chi connectivity index (χ1) is 15.8. The number of para-hydroxylation sites is 2. The van der Waals surface area contributed by atoms with Crippen molar-refractivity contribution in [1.82, 2.24) is 5.32 Å². The van der Waals surface area contributed by atoms with Crippen LogP contribution < -0.4 is 20.1 Å². The van der Waals surface area contributed by atoms with E-state index in [0.29, 0.717) is 11.3 Å². The Morgan fingerprint density at radius 1 is 0.727 bits per heavy atom. The second kappa shape index (κ2) is 11.0. The predicted molar refractivity (Wildman–Crippen MR) is 112 cm³/mol. The van der Waals surface area contributed by atoms with E-state index < -0.39 is 25.0 Å². The van der Waals surface area contributed by atoms with Gasteiger partial charge in [0.2, 0.25) is 0 Å². The molecule has 0 aliphatic rings. The van der Waals surface area contributed by atoms with Crippen molar-refractivity contribution >= 4 is 17.5 Å². The third-order valence-electron chi connectivity index (χ3n) is 4.33. The second-order valence-electron chi connectivity index (χ2n) is 6.59. The molecule has 0 aliphatic heterocycles. The maximum Gasteiger partial charge on any atom is 0.387 e. The number of alkyl halides is 4. The molecule has 0 atom stereocenters. The molecule has 33 heavy (non-hydrogen) atoms. The summed E-state index contributed by atoms with van der Waals surface area (Å²) in [4.78, 5) is 24.9. The summed E-state index contributed by atoms with van der Waals surface area (Å²) < 4.78 is 58.9. The van der Waals surface area contributed by atoms with E-state index in [0.717, 1.165) is 0 Å². The van der Waals surface area contributed by atoms with E-state index in [-0.39, 0.29) is 29.2 Å². The lowest BCUT2D eigenvalue weighted by atomic mass is 10.1. The molecule has 0 heterocycles. The number of carbonyl (C=O) groups excluding carboxylic acids is 2. The van der Waals surface area contributed by atoms with Crippen LogP contribution in [-0.4, -0.2) is 25.0 Å². The summed E-state index contributed by atoms with van der Waals surface area (Å²) in [6.45, 7) is -6.13. The van der Waals surface area contributed by atoms with Crippen LogP contribution in [0.4, 0.5) is 23.2 Å². The number of nitrogens with one attached hydrogen (secondary N) is 2. The number of hydrogen-bond donors (Lipinski definition) is 2. The molecule has 0 bridgehead atoms. The van der Waals surface area contributed by atoms with E-state index in [1.807, 2.05) is 0 Å².